The van der Waals surface area contributed by atoms with Crippen LogP contribution in [0.5, 0.6) is 0 Å². The fourth-order valence-corrected chi connectivity index (χ4v) is 1.16. The van der Waals surface area contributed by atoms with Crippen LogP contribution >= 0.6 is 0 Å². The van der Waals surface area contributed by atoms with Gasteiger partial charge in [-0.25, -0.2) is 4.79 Å². The van der Waals surface area contributed by atoms with Gasteiger partial charge in [-0.15, -0.1) is 0 Å². The Bertz CT molecular complexity index is 290. The second-order valence-corrected chi connectivity index (χ2v) is 5.27. The third-order valence-corrected chi connectivity index (χ3v) is 2.74. The van der Waals surface area contributed by atoms with Crippen molar-refractivity contribution in [2.45, 2.75) is 47.8 Å². The molecule has 19 heavy (non-hydrogen) atoms. The van der Waals surface area contributed by atoms with Gasteiger partial charge in [0.05, 0.1) is 6.54 Å². The number of hydrogen-bond acceptors (Lipinski definition) is 3. The summed E-state index contributed by atoms with van der Waals surface area (Å²) < 4.78 is 10.7. The van der Waals surface area contributed by atoms with E-state index in [9.17, 15) is 4.79 Å². The number of carbonyl (C=O) groups excluding carboxylic acids is 1. The summed E-state index contributed by atoms with van der Waals surface area (Å²) >= 11 is 0. The second-order valence-electron chi connectivity index (χ2n) is 5.27. The highest BCUT2D eigenvalue weighted by Crippen LogP contribution is 2.23. The van der Waals surface area contributed by atoms with Crippen LogP contribution in [0.3, 0.4) is 0 Å². The van der Waals surface area contributed by atoms with Crippen molar-refractivity contribution in [2.24, 2.45) is 5.41 Å². The maximum Gasteiger partial charge on any atom is 0.318 e. The Hall–Kier alpha value is -1.07. The van der Waals surface area contributed by atoms with E-state index in [0.29, 0.717) is 19.8 Å². The van der Waals surface area contributed by atoms with Crippen LogP contribution in [0.2, 0.25) is 0 Å². The van der Waals surface area contributed by atoms with E-state index >= 15 is 0 Å². The van der Waals surface area contributed by atoms with E-state index in [1.807, 2.05) is 20.8 Å². The summed E-state index contributed by atoms with van der Waals surface area (Å²) in [4.78, 5) is 11.6. The SMILES string of the molecule is CCOC(CNC(=O)N/C=C(\C)C(C)(C)C)OCC. The van der Waals surface area contributed by atoms with Gasteiger partial charge < -0.3 is 20.1 Å². The van der Waals surface area contributed by atoms with Crippen molar-refractivity contribution < 1.29 is 14.3 Å². The summed E-state index contributed by atoms with van der Waals surface area (Å²) in [5, 5.41) is 5.42. The Kier molecular flexibility index (Phi) is 8.43. The molecule has 0 fully saturated rings. The number of ether oxygens (including phenoxy) is 2. The highest BCUT2D eigenvalue weighted by molar-refractivity contribution is 5.74. The van der Waals surface area contributed by atoms with Crippen molar-refractivity contribution in [3.63, 3.8) is 0 Å². The molecule has 0 rings (SSSR count). The van der Waals surface area contributed by atoms with E-state index in [1.165, 1.54) is 0 Å². The second kappa shape index (κ2) is 8.93. The number of carbonyl (C=O) groups is 1. The molecule has 0 atom stereocenters. The first-order chi connectivity index (χ1) is 8.81. The Morgan fingerprint density at radius 1 is 1.21 bits per heavy atom. The minimum absolute atomic E-state index is 0.0481. The molecule has 2 amide bonds. The van der Waals surface area contributed by atoms with Crippen LogP contribution < -0.4 is 10.6 Å². The first kappa shape index (κ1) is 17.9. The highest BCUT2D eigenvalue weighted by atomic mass is 16.7. The molecule has 0 aliphatic rings. The molecular formula is C14H28N2O3. The minimum atomic E-state index is -0.395. The molecule has 0 aromatic heterocycles. The van der Waals surface area contributed by atoms with Crippen LogP contribution in [0, 0.1) is 5.41 Å². The fraction of sp³-hybridized carbons (Fsp3) is 0.786. The molecule has 5 nitrogen and oxygen atoms in total. The maximum absolute atomic E-state index is 11.6. The lowest BCUT2D eigenvalue weighted by atomic mass is 9.88. The predicted molar refractivity (Wildman–Crippen MR) is 76.8 cm³/mol. The van der Waals surface area contributed by atoms with Gasteiger partial charge in [0, 0.05) is 19.4 Å². The number of nitrogens with one attached hydrogen (secondary N) is 2. The van der Waals surface area contributed by atoms with Crippen LogP contribution in [0.15, 0.2) is 11.8 Å². The zero-order chi connectivity index (χ0) is 14.9. The topological polar surface area (TPSA) is 59.6 Å². The van der Waals surface area contributed by atoms with Crippen molar-refractivity contribution >= 4 is 6.03 Å². The first-order valence-electron chi connectivity index (χ1n) is 6.76. The number of hydrogen-bond donors (Lipinski definition) is 2. The van der Waals surface area contributed by atoms with Gasteiger partial charge in [0.25, 0.3) is 0 Å². The minimum Gasteiger partial charge on any atom is -0.351 e. The average molecular weight is 272 g/mol. The third kappa shape index (κ3) is 8.61. The summed E-state index contributed by atoms with van der Waals surface area (Å²) in [5.74, 6) is 0. The summed E-state index contributed by atoms with van der Waals surface area (Å²) in [6.07, 6.45) is 1.33. The average Bonchev–Trinajstić information content (AvgIpc) is 2.32. The molecule has 0 spiro atoms. The highest BCUT2D eigenvalue weighted by Gasteiger charge is 2.13. The van der Waals surface area contributed by atoms with E-state index < -0.39 is 6.29 Å². The Morgan fingerprint density at radius 2 is 1.74 bits per heavy atom. The molecular weight excluding hydrogens is 244 g/mol. The monoisotopic (exact) mass is 272 g/mol. The lowest BCUT2D eigenvalue weighted by molar-refractivity contribution is -0.131. The van der Waals surface area contributed by atoms with Crippen LogP contribution in [0.1, 0.15) is 41.5 Å². The maximum atomic E-state index is 11.6. The molecule has 5 heteroatoms. The van der Waals surface area contributed by atoms with E-state index in [0.717, 1.165) is 5.57 Å². The Labute approximate surface area is 116 Å². The van der Waals surface area contributed by atoms with Crippen LogP contribution in [0.25, 0.3) is 0 Å². The lowest BCUT2D eigenvalue weighted by Gasteiger charge is -2.20. The van der Waals surface area contributed by atoms with E-state index in [-0.39, 0.29) is 11.4 Å². The van der Waals surface area contributed by atoms with Gasteiger partial charge >= 0.3 is 6.03 Å². The molecule has 112 valence electrons. The fourth-order valence-electron chi connectivity index (χ4n) is 1.16. The number of amides is 2. The molecule has 0 aromatic rings. The van der Waals surface area contributed by atoms with Crippen molar-refractivity contribution in [3.8, 4) is 0 Å². The van der Waals surface area contributed by atoms with Gasteiger partial charge in [0.1, 0.15) is 0 Å². The molecule has 0 aromatic carbocycles. The molecule has 0 aliphatic carbocycles. The number of rotatable bonds is 7. The molecule has 0 bridgehead atoms. The predicted octanol–water partition coefficient (Wildman–Crippen LogP) is 2.63. The first-order valence-corrected chi connectivity index (χ1v) is 6.76. The van der Waals surface area contributed by atoms with Crippen molar-refractivity contribution in [1.29, 1.82) is 0 Å². The normalized spacial score (nSPS) is 12.7. The quantitative estimate of drug-likeness (QED) is 0.700. The summed E-state index contributed by atoms with van der Waals surface area (Å²) in [5.41, 5.74) is 1.15. The van der Waals surface area contributed by atoms with Crippen molar-refractivity contribution in [3.05, 3.63) is 11.8 Å². The number of urea groups is 1. The van der Waals surface area contributed by atoms with Crippen LogP contribution in [0.4, 0.5) is 4.79 Å². The van der Waals surface area contributed by atoms with E-state index in [1.54, 1.807) is 6.20 Å². The van der Waals surface area contributed by atoms with Gasteiger partial charge in [-0.2, -0.15) is 0 Å². The summed E-state index contributed by atoms with van der Waals surface area (Å²) in [6, 6.07) is -0.256. The van der Waals surface area contributed by atoms with Crippen molar-refractivity contribution in [2.75, 3.05) is 19.8 Å². The largest absolute Gasteiger partial charge is 0.351 e. The Morgan fingerprint density at radius 3 is 2.16 bits per heavy atom. The molecule has 0 unspecified atom stereocenters. The van der Waals surface area contributed by atoms with Gasteiger partial charge in [-0.1, -0.05) is 26.3 Å². The number of allylic oxidation sites excluding steroid dienone is 1. The van der Waals surface area contributed by atoms with E-state index in [2.05, 4.69) is 31.4 Å². The molecule has 0 aliphatic heterocycles. The molecule has 0 heterocycles. The summed E-state index contributed by atoms with van der Waals surface area (Å²) in [6.45, 7) is 13.5. The Balaban J connectivity index is 4.11. The zero-order valence-electron chi connectivity index (χ0n) is 13.0. The molecule has 0 radical (unpaired) electrons. The van der Waals surface area contributed by atoms with E-state index in [4.69, 9.17) is 9.47 Å². The molecule has 0 saturated carbocycles. The molecule has 0 saturated heterocycles. The van der Waals surface area contributed by atoms with Gasteiger partial charge in [0.15, 0.2) is 6.29 Å². The standard InChI is InChI=1S/C14H28N2O3/c1-7-18-12(19-8-2)10-16-13(17)15-9-11(3)14(4,5)6/h9,12H,7-8,10H2,1-6H3,(H2,15,16,17)/b11-9+. The smallest absolute Gasteiger partial charge is 0.318 e. The molecule has 2 N–H and O–H groups in total. The third-order valence-electron chi connectivity index (χ3n) is 2.74. The van der Waals surface area contributed by atoms with Crippen molar-refractivity contribution in [1.82, 2.24) is 10.6 Å². The van der Waals surface area contributed by atoms with Gasteiger partial charge in [-0.3, -0.25) is 0 Å². The van der Waals surface area contributed by atoms with Crippen LogP contribution in [-0.4, -0.2) is 32.1 Å². The van der Waals surface area contributed by atoms with Crippen LogP contribution in [-0.2, 0) is 9.47 Å². The zero-order valence-corrected chi connectivity index (χ0v) is 13.0. The lowest BCUT2D eigenvalue weighted by Crippen LogP contribution is -2.39. The summed E-state index contributed by atoms with van der Waals surface area (Å²) in [7, 11) is 0. The van der Waals surface area contributed by atoms with Gasteiger partial charge in [-0.05, 0) is 26.2 Å². The van der Waals surface area contributed by atoms with Gasteiger partial charge in [0.2, 0.25) is 0 Å².